The fourth-order valence-electron chi connectivity index (χ4n) is 6.79. The molecule has 32 heavy (non-hydrogen) atoms. The third-order valence-corrected chi connectivity index (χ3v) is 8.88. The van der Waals surface area contributed by atoms with Gasteiger partial charge in [-0.05, 0) is 44.4 Å². The molecule has 180 valence electrons. The quantitative estimate of drug-likeness (QED) is 0.274. The van der Waals surface area contributed by atoms with Gasteiger partial charge in [0.2, 0.25) is 0 Å². The van der Waals surface area contributed by atoms with Crippen molar-refractivity contribution in [2.24, 2.45) is 28.6 Å². The number of Topliss-reactive ketones (excluding diaryl/α,β-unsaturated/α-hetero) is 1. The molecule has 1 saturated heterocycles. The van der Waals surface area contributed by atoms with Crippen LogP contribution >= 0.6 is 0 Å². The second-order valence-corrected chi connectivity index (χ2v) is 10.8. The molecule has 0 aromatic heterocycles. The lowest BCUT2D eigenvalue weighted by Crippen LogP contribution is -2.59. The molecule has 4 aliphatic rings. The first-order valence-corrected chi connectivity index (χ1v) is 11.8. The molecule has 1 unspecified atom stereocenters. The largest absolute Gasteiger partial charge is 0.468 e. The fraction of sp³-hybridized carbons (Fsp3) is 0.840. The molecule has 0 N–H and O–H groups in total. The van der Waals surface area contributed by atoms with Gasteiger partial charge in [0.05, 0.1) is 26.9 Å². The predicted octanol–water partition coefficient (Wildman–Crippen LogP) is 3.65. The first-order valence-electron chi connectivity index (χ1n) is 11.8. The van der Waals surface area contributed by atoms with Gasteiger partial charge < -0.3 is 23.7 Å². The minimum Gasteiger partial charge on any atom is -0.468 e. The average Bonchev–Trinajstić information content (AvgIpc) is 3.25. The fourth-order valence-corrected chi connectivity index (χ4v) is 6.79. The Morgan fingerprint density at radius 3 is 2.53 bits per heavy atom. The normalized spacial score (nSPS) is 38.8. The number of rotatable bonds is 5. The number of fused-ring (bicyclic) bond motifs is 3. The van der Waals surface area contributed by atoms with E-state index in [2.05, 4.69) is 19.9 Å². The highest BCUT2D eigenvalue weighted by Gasteiger charge is 2.63. The summed E-state index contributed by atoms with van der Waals surface area (Å²) in [4.78, 5) is 25.6. The lowest BCUT2D eigenvalue weighted by Gasteiger charge is -2.61. The van der Waals surface area contributed by atoms with E-state index in [1.54, 1.807) is 7.11 Å². The topological polar surface area (TPSA) is 80.3 Å². The highest BCUT2D eigenvalue weighted by atomic mass is 16.7. The van der Waals surface area contributed by atoms with Crippen molar-refractivity contribution in [3.05, 3.63) is 11.6 Å². The van der Waals surface area contributed by atoms with Crippen LogP contribution < -0.4 is 0 Å². The first kappa shape index (κ1) is 23.9. The maximum absolute atomic E-state index is 13.2. The molecule has 0 aromatic carbocycles. The second kappa shape index (κ2) is 8.19. The van der Waals surface area contributed by atoms with Crippen LogP contribution in [0, 0.1) is 28.6 Å². The smallest absolute Gasteiger partial charge is 0.316 e. The number of esters is 1. The van der Waals surface area contributed by atoms with E-state index in [-0.39, 0.29) is 28.4 Å². The van der Waals surface area contributed by atoms with Gasteiger partial charge in [-0.3, -0.25) is 9.59 Å². The molecule has 1 heterocycles. The molecule has 3 aliphatic carbocycles. The predicted molar refractivity (Wildman–Crippen MR) is 117 cm³/mol. The Morgan fingerprint density at radius 2 is 1.91 bits per heavy atom. The molecular formula is C25H38O7. The van der Waals surface area contributed by atoms with Gasteiger partial charge in [-0.25, -0.2) is 0 Å². The summed E-state index contributed by atoms with van der Waals surface area (Å²) in [6.07, 6.45) is 5.53. The summed E-state index contributed by atoms with van der Waals surface area (Å²) in [5, 5.41) is 0. The molecule has 1 spiro atoms. The monoisotopic (exact) mass is 450 g/mol. The van der Waals surface area contributed by atoms with Crippen LogP contribution in [0.15, 0.2) is 11.6 Å². The second-order valence-electron chi connectivity index (χ2n) is 10.8. The molecule has 3 fully saturated rings. The number of allylic oxidation sites excluding steroid dienone is 1. The molecule has 7 heteroatoms. The number of carbonyl (C=O) groups excluding carboxylic acids is 2. The van der Waals surface area contributed by atoms with Crippen LogP contribution in [0.3, 0.4) is 0 Å². The van der Waals surface area contributed by atoms with Crippen LogP contribution in [0.5, 0.6) is 0 Å². The number of ketones is 1. The van der Waals surface area contributed by atoms with Crippen molar-refractivity contribution in [2.75, 3.05) is 34.0 Å². The molecule has 0 amide bonds. The summed E-state index contributed by atoms with van der Waals surface area (Å²) >= 11 is 0. The molecule has 0 aromatic rings. The minimum absolute atomic E-state index is 0.0211. The zero-order valence-electron chi connectivity index (χ0n) is 20.3. The Bertz CT molecular complexity index is 796. The SMILES string of the molecule is COC(=O)C1C[C@]2(COC(C)(C)OC)CC=C3[C@H](C)C4(CC[C@]3(C)[C@H]2CC1=O)OCCO4. The van der Waals surface area contributed by atoms with Crippen molar-refractivity contribution in [3.63, 3.8) is 0 Å². The summed E-state index contributed by atoms with van der Waals surface area (Å²) in [5.41, 5.74) is 0.791. The van der Waals surface area contributed by atoms with E-state index in [1.165, 1.54) is 12.7 Å². The summed E-state index contributed by atoms with van der Waals surface area (Å²) in [5.74, 6) is -2.31. The van der Waals surface area contributed by atoms with Crippen molar-refractivity contribution < 1.29 is 33.3 Å². The Morgan fingerprint density at radius 1 is 1.22 bits per heavy atom. The van der Waals surface area contributed by atoms with Crippen LogP contribution in [0.1, 0.15) is 59.8 Å². The van der Waals surface area contributed by atoms with Gasteiger partial charge in [0.25, 0.3) is 0 Å². The molecule has 5 atom stereocenters. The van der Waals surface area contributed by atoms with Gasteiger partial charge in [-0.2, -0.15) is 0 Å². The van der Waals surface area contributed by atoms with E-state index in [9.17, 15) is 9.59 Å². The van der Waals surface area contributed by atoms with Crippen LogP contribution in [0.25, 0.3) is 0 Å². The van der Waals surface area contributed by atoms with Crippen LogP contribution in [-0.4, -0.2) is 57.4 Å². The molecule has 2 saturated carbocycles. The maximum atomic E-state index is 13.2. The van der Waals surface area contributed by atoms with Gasteiger partial charge in [0.1, 0.15) is 11.7 Å². The van der Waals surface area contributed by atoms with E-state index in [0.717, 1.165) is 19.3 Å². The third kappa shape index (κ3) is 3.65. The lowest BCUT2D eigenvalue weighted by molar-refractivity contribution is -0.237. The molecule has 1 aliphatic heterocycles. The van der Waals surface area contributed by atoms with Crippen molar-refractivity contribution in [1.29, 1.82) is 0 Å². The zero-order chi connectivity index (χ0) is 23.4. The van der Waals surface area contributed by atoms with E-state index in [1.807, 2.05) is 13.8 Å². The Balaban J connectivity index is 1.72. The number of methoxy groups -OCH3 is 2. The van der Waals surface area contributed by atoms with E-state index >= 15 is 0 Å². The molecule has 7 nitrogen and oxygen atoms in total. The van der Waals surface area contributed by atoms with Crippen LogP contribution in [0.4, 0.5) is 0 Å². The standard InChI is InChI=1S/C25H38O7/c1-16-18-7-8-24(15-32-22(2,3)29-6)14-17(21(27)28-5)19(26)13-20(24)23(18,4)9-10-25(16)30-11-12-31-25/h7,16-17,20H,8-15H2,1-6H3/t16-,17?,20+,23-,24-/m0/s1. The van der Waals surface area contributed by atoms with E-state index < -0.39 is 23.5 Å². The summed E-state index contributed by atoms with van der Waals surface area (Å²) < 4.78 is 29.0. The maximum Gasteiger partial charge on any atom is 0.316 e. The van der Waals surface area contributed by atoms with E-state index in [0.29, 0.717) is 32.7 Å². The number of hydrogen-bond donors (Lipinski definition) is 0. The molecular weight excluding hydrogens is 412 g/mol. The minimum atomic E-state index is -0.748. The number of ether oxygens (including phenoxy) is 5. The summed E-state index contributed by atoms with van der Waals surface area (Å²) in [6, 6.07) is 0. The summed E-state index contributed by atoms with van der Waals surface area (Å²) in [6.45, 7) is 9.92. The van der Waals surface area contributed by atoms with Crippen molar-refractivity contribution >= 4 is 11.8 Å². The number of hydrogen-bond acceptors (Lipinski definition) is 7. The first-order chi connectivity index (χ1) is 15.0. The highest BCUT2D eigenvalue weighted by molar-refractivity contribution is 5.99. The zero-order valence-corrected chi connectivity index (χ0v) is 20.3. The Hall–Kier alpha value is -1.28. The lowest BCUT2D eigenvalue weighted by atomic mass is 9.45. The third-order valence-electron chi connectivity index (χ3n) is 8.88. The van der Waals surface area contributed by atoms with Crippen LogP contribution in [-0.2, 0) is 33.3 Å². The molecule has 0 bridgehead atoms. The highest BCUT2D eigenvalue weighted by Crippen LogP contribution is 2.65. The van der Waals surface area contributed by atoms with Crippen molar-refractivity contribution in [3.8, 4) is 0 Å². The van der Waals surface area contributed by atoms with Gasteiger partial charge >= 0.3 is 5.97 Å². The van der Waals surface area contributed by atoms with Gasteiger partial charge in [-0.15, -0.1) is 0 Å². The molecule has 4 rings (SSSR count). The summed E-state index contributed by atoms with van der Waals surface area (Å²) in [7, 11) is 2.98. The van der Waals surface area contributed by atoms with Gasteiger partial charge in [0, 0.05) is 31.3 Å². The van der Waals surface area contributed by atoms with Crippen molar-refractivity contribution in [1.82, 2.24) is 0 Å². The van der Waals surface area contributed by atoms with Gasteiger partial charge in [0.15, 0.2) is 11.6 Å². The average molecular weight is 451 g/mol. The van der Waals surface area contributed by atoms with Gasteiger partial charge in [-0.1, -0.05) is 25.5 Å². The Kier molecular flexibility index (Phi) is 6.11. The Labute approximate surface area is 191 Å². The van der Waals surface area contributed by atoms with E-state index in [4.69, 9.17) is 23.7 Å². The van der Waals surface area contributed by atoms with Crippen molar-refractivity contribution in [2.45, 2.75) is 71.4 Å². The number of carbonyl (C=O) groups is 2. The molecule has 0 radical (unpaired) electrons. The van der Waals surface area contributed by atoms with Crippen LogP contribution in [0.2, 0.25) is 0 Å².